The third-order valence-corrected chi connectivity index (χ3v) is 4.98. The molecule has 2 amide bonds. The van der Waals surface area contributed by atoms with Gasteiger partial charge in [0, 0.05) is 43.6 Å². The van der Waals surface area contributed by atoms with Crippen molar-refractivity contribution in [3.05, 3.63) is 64.0 Å². The van der Waals surface area contributed by atoms with Gasteiger partial charge in [-0.2, -0.15) is 0 Å². The highest BCUT2D eigenvalue weighted by atomic mass is 32.1. The molecule has 0 bridgehead atoms. The molecule has 6 heteroatoms. The standard InChI is InChI=1S/C20H21N3O2S/c1-15(24)22-19-6-4-17(14-21-19)5-7-20(25)23-10-8-16(9-11-23)13-18-3-2-12-26-18/h2-8,12,14H,9-11,13H2,1H3,(H,21,22,24). The van der Waals surface area contributed by atoms with Gasteiger partial charge in [-0.3, -0.25) is 9.59 Å². The summed E-state index contributed by atoms with van der Waals surface area (Å²) >= 11 is 1.77. The fraction of sp³-hybridized carbons (Fsp3) is 0.250. The van der Waals surface area contributed by atoms with E-state index < -0.39 is 0 Å². The summed E-state index contributed by atoms with van der Waals surface area (Å²) in [6, 6.07) is 7.75. The van der Waals surface area contributed by atoms with Crippen LogP contribution in [0.4, 0.5) is 5.82 Å². The van der Waals surface area contributed by atoms with Crippen molar-refractivity contribution < 1.29 is 9.59 Å². The lowest BCUT2D eigenvalue weighted by atomic mass is 10.0. The highest BCUT2D eigenvalue weighted by Gasteiger charge is 2.15. The number of aromatic nitrogens is 1. The first-order chi connectivity index (χ1) is 12.6. The SMILES string of the molecule is CC(=O)Nc1ccc(C=CC(=O)N2CC=C(Cc3cccs3)CC2)cn1. The molecule has 1 N–H and O–H groups in total. The summed E-state index contributed by atoms with van der Waals surface area (Å²) in [7, 11) is 0. The van der Waals surface area contributed by atoms with Gasteiger partial charge < -0.3 is 10.2 Å². The van der Waals surface area contributed by atoms with E-state index in [0.29, 0.717) is 12.4 Å². The number of nitrogens with zero attached hydrogens (tertiary/aromatic N) is 2. The molecule has 0 aliphatic carbocycles. The van der Waals surface area contributed by atoms with Gasteiger partial charge in [0.05, 0.1) is 0 Å². The average molecular weight is 367 g/mol. The predicted octanol–water partition coefficient (Wildman–Crippen LogP) is 3.52. The van der Waals surface area contributed by atoms with Crippen LogP contribution in [0.1, 0.15) is 23.8 Å². The Hall–Kier alpha value is -2.73. The molecule has 2 aromatic heterocycles. The summed E-state index contributed by atoms with van der Waals surface area (Å²) in [6.07, 6.45) is 9.03. The Labute approximate surface area is 157 Å². The summed E-state index contributed by atoms with van der Waals surface area (Å²) in [4.78, 5) is 30.7. The van der Waals surface area contributed by atoms with Crippen LogP contribution >= 0.6 is 11.3 Å². The van der Waals surface area contributed by atoms with Crippen LogP contribution in [0.5, 0.6) is 0 Å². The summed E-state index contributed by atoms with van der Waals surface area (Å²) in [6.45, 7) is 2.84. The van der Waals surface area contributed by atoms with Gasteiger partial charge in [0.1, 0.15) is 5.82 Å². The first-order valence-electron chi connectivity index (χ1n) is 8.51. The molecule has 26 heavy (non-hydrogen) atoms. The number of rotatable bonds is 5. The van der Waals surface area contributed by atoms with Crippen LogP contribution in [-0.4, -0.2) is 34.8 Å². The van der Waals surface area contributed by atoms with Crippen LogP contribution in [0.3, 0.4) is 0 Å². The Morgan fingerprint density at radius 2 is 2.23 bits per heavy atom. The molecule has 3 heterocycles. The molecule has 5 nitrogen and oxygen atoms in total. The minimum atomic E-state index is -0.160. The minimum absolute atomic E-state index is 0.00219. The molecular formula is C20H21N3O2S. The van der Waals surface area contributed by atoms with E-state index in [1.165, 1.54) is 17.4 Å². The zero-order valence-electron chi connectivity index (χ0n) is 14.6. The van der Waals surface area contributed by atoms with Crippen molar-refractivity contribution in [1.29, 1.82) is 0 Å². The molecule has 0 fully saturated rings. The number of anilines is 1. The Kier molecular flexibility index (Phi) is 5.96. The Morgan fingerprint density at radius 3 is 2.85 bits per heavy atom. The number of hydrogen-bond acceptors (Lipinski definition) is 4. The molecule has 1 aliphatic heterocycles. The first-order valence-corrected chi connectivity index (χ1v) is 9.39. The molecule has 0 radical (unpaired) electrons. The van der Waals surface area contributed by atoms with Gasteiger partial charge in [0.2, 0.25) is 11.8 Å². The zero-order chi connectivity index (χ0) is 18.4. The first kappa shape index (κ1) is 18.1. The zero-order valence-corrected chi connectivity index (χ0v) is 15.5. The Bertz CT molecular complexity index is 823. The van der Waals surface area contributed by atoms with Crippen LogP contribution in [0.15, 0.2) is 53.6 Å². The fourth-order valence-electron chi connectivity index (χ4n) is 2.74. The summed E-state index contributed by atoms with van der Waals surface area (Å²) in [5.74, 6) is 0.343. The number of hydrogen-bond donors (Lipinski definition) is 1. The number of pyridine rings is 1. The van der Waals surface area contributed by atoms with Crippen molar-refractivity contribution in [1.82, 2.24) is 9.88 Å². The lowest BCUT2D eigenvalue weighted by molar-refractivity contribution is -0.125. The van der Waals surface area contributed by atoms with E-state index in [1.807, 2.05) is 11.0 Å². The molecule has 0 saturated carbocycles. The second-order valence-corrected chi connectivity index (χ2v) is 7.18. The van der Waals surface area contributed by atoms with Gasteiger partial charge in [-0.05, 0) is 41.6 Å². The third kappa shape index (κ3) is 5.13. The van der Waals surface area contributed by atoms with Gasteiger partial charge in [-0.1, -0.05) is 17.7 Å². The van der Waals surface area contributed by atoms with E-state index >= 15 is 0 Å². The van der Waals surface area contributed by atoms with E-state index in [2.05, 4.69) is 33.9 Å². The van der Waals surface area contributed by atoms with E-state index in [0.717, 1.165) is 24.9 Å². The molecule has 134 valence electrons. The Balaban J connectivity index is 1.52. The average Bonchev–Trinajstić information content (AvgIpc) is 3.14. The maximum atomic E-state index is 12.3. The number of carbonyl (C=O) groups excluding carboxylic acids is 2. The van der Waals surface area contributed by atoms with Gasteiger partial charge in [-0.15, -0.1) is 11.3 Å². The normalized spacial score (nSPS) is 14.3. The van der Waals surface area contributed by atoms with Crippen LogP contribution < -0.4 is 5.32 Å². The van der Waals surface area contributed by atoms with E-state index in [9.17, 15) is 9.59 Å². The minimum Gasteiger partial charge on any atom is -0.335 e. The fourth-order valence-corrected chi connectivity index (χ4v) is 3.50. The predicted molar refractivity (Wildman–Crippen MR) is 105 cm³/mol. The molecule has 0 saturated heterocycles. The van der Waals surface area contributed by atoms with Gasteiger partial charge in [-0.25, -0.2) is 4.98 Å². The van der Waals surface area contributed by atoms with E-state index in [4.69, 9.17) is 0 Å². The van der Waals surface area contributed by atoms with Crippen molar-refractivity contribution in [3.8, 4) is 0 Å². The molecule has 0 aromatic carbocycles. The maximum absolute atomic E-state index is 12.3. The third-order valence-electron chi connectivity index (χ3n) is 4.11. The van der Waals surface area contributed by atoms with Gasteiger partial charge in [0.25, 0.3) is 0 Å². The second kappa shape index (κ2) is 8.58. The number of carbonyl (C=O) groups is 2. The monoisotopic (exact) mass is 367 g/mol. The molecule has 0 unspecified atom stereocenters. The number of nitrogens with one attached hydrogen (secondary N) is 1. The highest BCUT2D eigenvalue weighted by molar-refractivity contribution is 7.09. The van der Waals surface area contributed by atoms with Crippen molar-refractivity contribution in [2.75, 3.05) is 18.4 Å². The van der Waals surface area contributed by atoms with Crippen LogP contribution in [0, 0.1) is 0 Å². The van der Waals surface area contributed by atoms with Crippen molar-refractivity contribution >= 4 is 35.0 Å². The maximum Gasteiger partial charge on any atom is 0.246 e. The van der Waals surface area contributed by atoms with Gasteiger partial charge >= 0.3 is 0 Å². The van der Waals surface area contributed by atoms with Crippen molar-refractivity contribution in [3.63, 3.8) is 0 Å². The lowest BCUT2D eigenvalue weighted by Gasteiger charge is -2.25. The van der Waals surface area contributed by atoms with E-state index in [-0.39, 0.29) is 11.8 Å². The topological polar surface area (TPSA) is 62.3 Å². The molecule has 2 aromatic rings. The second-order valence-electron chi connectivity index (χ2n) is 6.14. The van der Waals surface area contributed by atoms with Crippen molar-refractivity contribution in [2.45, 2.75) is 19.8 Å². The van der Waals surface area contributed by atoms with Crippen LogP contribution in [0.25, 0.3) is 6.08 Å². The number of thiophene rings is 1. The van der Waals surface area contributed by atoms with Crippen LogP contribution in [-0.2, 0) is 16.0 Å². The van der Waals surface area contributed by atoms with Crippen LogP contribution in [0.2, 0.25) is 0 Å². The largest absolute Gasteiger partial charge is 0.335 e. The lowest BCUT2D eigenvalue weighted by Crippen LogP contribution is -2.33. The summed E-state index contributed by atoms with van der Waals surface area (Å²) < 4.78 is 0. The Morgan fingerprint density at radius 1 is 1.35 bits per heavy atom. The van der Waals surface area contributed by atoms with Crippen molar-refractivity contribution in [2.24, 2.45) is 0 Å². The smallest absolute Gasteiger partial charge is 0.246 e. The molecular weight excluding hydrogens is 346 g/mol. The molecule has 0 atom stereocenters. The molecule has 0 spiro atoms. The highest BCUT2D eigenvalue weighted by Crippen LogP contribution is 2.19. The summed E-state index contributed by atoms with van der Waals surface area (Å²) in [5, 5.41) is 4.71. The van der Waals surface area contributed by atoms with E-state index in [1.54, 1.807) is 35.8 Å². The van der Waals surface area contributed by atoms with Gasteiger partial charge in [0.15, 0.2) is 0 Å². The quantitative estimate of drug-likeness (QED) is 0.650. The molecule has 1 aliphatic rings. The summed E-state index contributed by atoms with van der Waals surface area (Å²) in [5.41, 5.74) is 2.22. The number of amides is 2. The molecule has 3 rings (SSSR count).